The zero-order chi connectivity index (χ0) is 13.0. The van der Waals surface area contributed by atoms with Gasteiger partial charge in [0.05, 0.1) is 0 Å². The summed E-state index contributed by atoms with van der Waals surface area (Å²) in [6, 6.07) is 2.29. The predicted molar refractivity (Wildman–Crippen MR) is 73.2 cm³/mol. The van der Waals surface area contributed by atoms with Crippen LogP contribution < -0.4 is 5.73 Å². The van der Waals surface area contributed by atoms with Gasteiger partial charge in [0.1, 0.15) is 5.82 Å². The molecule has 0 aliphatic rings. The third-order valence-electron chi connectivity index (χ3n) is 3.32. The van der Waals surface area contributed by atoms with Crippen LogP contribution in [-0.2, 0) is 20.0 Å². The number of nitrogens with zero attached hydrogens (tertiary/aromatic N) is 3. The molecule has 0 saturated heterocycles. The smallest absolute Gasteiger partial charge is 0.110 e. The summed E-state index contributed by atoms with van der Waals surface area (Å²) in [5.74, 6) is 1.11. The van der Waals surface area contributed by atoms with Gasteiger partial charge in [-0.25, -0.2) is 4.98 Å². The molecule has 98 valence electrons. The summed E-state index contributed by atoms with van der Waals surface area (Å²) in [5.41, 5.74) is 7.34. The van der Waals surface area contributed by atoms with Gasteiger partial charge in [-0.15, -0.1) is 0 Å². The number of hydrogen-bond donors (Lipinski definition) is 1. The van der Waals surface area contributed by atoms with Gasteiger partial charge in [0.2, 0.25) is 0 Å². The van der Waals surface area contributed by atoms with Gasteiger partial charge in [0, 0.05) is 50.8 Å². The minimum Gasteiger partial charge on any atom is -0.353 e. The highest BCUT2D eigenvalue weighted by Gasteiger charge is 2.06. The summed E-state index contributed by atoms with van der Waals surface area (Å²) < 4.78 is 4.26. The van der Waals surface area contributed by atoms with Crippen molar-refractivity contribution in [1.82, 2.24) is 14.1 Å². The van der Waals surface area contributed by atoms with E-state index in [1.807, 2.05) is 19.4 Å². The number of aryl methyl sites for hydroxylation is 3. The van der Waals surface area contributed by atoms with Crippen molar-refractivity contribution in [3.8, 4) is 0 Å². The quantitative estimate of drug-likeness (QED) is 0.850. The molecular weight excluding hydrogens is 224 g/mol. The Balaban J connectivity index is 1.93. The van der Waals surface area contributed by atoms with Crippen molar-refractivity contribution >= 4 is 0 Å². The number of rotatable bonds is 6. The molecule has 0 saturated carbocycles. The fourth-order valence-corrected chi connectivity index (χ4v) is 2.16. The van der Waals surface area contributed by atoms with Crippen molar-refractivity contribution in [2.75, 3.05) is 0 Å². The van der Waals surface area contributed by atoms with Gasteiger partial charge in [-0.05, 0) is 18.1 Å². The van der Waals surface area contributed by atoms with Gasteiger partial charge in [0.15, 0.2) is 0 Å². The molecule has 0 spiro atoms. The van der Waals surface area contributed by atoms with Crippen LogP contribution in [0.3, 0.4) is 0 Å². The maximum Gasteiger partial charge on any atom is 0.110 e. The first-order valence-corrected chi connectivity index (χ1v) is 6.58. The topological polar surface area (TPSA) is 48.8 Å². The molecule has 2 N–H and O–H groups in total. The van der Waals surface area contributed by atoms with Gasteiger partial charge in [-0.3, -0.25) is 0 Å². The second-order valence-electron chi connectivity index (χ2n) is 4.78. The standard InChI is InChI=1S/C14H22N4/c1-3-4-13(15)12-5-8-18(11-12)9-6-14-16-7-10-17(14)2/h5,7-8,10-11,13H,3-4,6,9,15H2,1-2H3. The normalized spacial score (nSPS) is 12.8. The van der Waals surface area contributed by atoms with Crippen molar-refractivity contribution in [1.29, 1.82) is 0 Å². The molecule has 2 rings (SSSR count). The average Bonchev–Trinajstić information content (AvgIpc) is 2.96. The lowest BCUT2D eigenvalue weighted by atomic mass is 10.1. The lowest BCUT2D eigenvalue weighted by Crippen LogP contribution is -2.09. The Kier molecular flexibility index (Phi) is 4.20. The summed E-state index contributed by atoms with van der Waals surface area (Å²) in [4.78, 5) is 4.33. The van der Waals surface area contributed by atoms with E-state index in [0.717, 1.165) is 31.6 Å². The van der Waals surface area contributed by atoms with Crippen LogP contribution in [0.15, 0.2) is 30.9 Å². The first-order valence-electron chi connectivity index (χ1n) is 6.58. The second-order valence-corrected chi connectivity index (χ2v) is 4.78. The van der Waals surface area contributed by atoms with E-state index < -0.39 is 0 Å². The van der Waals surface area contributed by atoms with E-state index >= 15 is 0 Å². The molecule has 0 fully saturated rings. The van der Waals surface area contributed by atoms with E-state index in [9.17, 15) is 0 Å². The zero-order valence-electron chi connectivity index (χ0n) is 11.2. The molecule has 4 heteroatoms. The molecule has 0 radical (unpaired) electrons. The van der Waals surface area contributed by atoms with Gasteiger partial charge in [-0.1, -0.05) is 13.3 Å². The van der Waals surface area contributed by atoms with Crippen molar-refractivity contribution in [2.24, 2.45) is 12.8 Å². The molecule has 1 unspecified atom stereocenters. The molecule has 0 aromatic carbocycles. The largest absolute Gasteiger partial charge is 0.353 e. The van der Waals surface area contributed by atoms with E-state index in [0.29, 0.717) is 0 Å². The average molecular weight is 246 g/mol. The molecule has 1 atom stereocenters. The van der Waals surface area contributed by atoms with E-state index in [2.05, 4.69) is 39.5 Å². The lowest BCUT2D eigenvalue weighted by Gasteiger charge is -2.07. The Hall–Kier alpha value is -1.55. The lowest BCUT2D eigenvalue weighted by molar-refractivity contribution is 0.625. The molecule has 0 aliphatic carbocycles. The highest BCUT2D eigenvalue weighted by Crippen LogP contribution is 2.16. The molecule has 0 bridgehead atoms. The van der Waals surface area contributed by atoms with Crippen molar-refractivity contribution in [2.45, 2.75) is 38.8 Å². The van der Waals surface area contributed by atoms with Crippen LogP contribution in [0, 0.1) is 0 Å². The molecule has 0 aliphatic heterocycles. The number of aromatic nitrogens is 3. The molecule has 18 heavy (non-hydrogen) atoms. The minimum atomic E-state index is 0.171. The fraction of sp³-hybridized carbons (Fsp3) is 0.500. The molecule has 4 nitrogen and oxygen atoms in total. The van der Waals surface area contributed by atoms with Crippen LogP contribution in [0.2, 0.25) is 0 Å². The number of imidazole rings is 1. The van der Waals surface area contributed by atoms with Gasteiger partial charge in [-0.2, -0.15) is 0 Å². The first-order chi connectivity index (χ1) is 8.70. The zero-order valence-corrected chi connectivity index (χ0v) is 11.2. The van der Waals surface area contributed by atoms with E-state index in [4.69, 9.17) is 5.73 Å². The number of hydrogen-bond acceptors (Lipinski definition) is 2. The SMILES string of the molecule is CCCC(N)c1ccn(CCc2nccn2C)c1. The van der Waals surface area contributed by atoms with Crippen LogP contribution >= 0.6 is 0 Å². The van der Waals surface area contributed by atoms with Gasteiger partial charge < -0.3 is 14.9 Å². The van der Waals surface area contributed by atoms with Crippen molar-refractivity contribution in [3.05, 3.63) is 42.2 Å². The Labute approximate surface area is 108 Å². The fourth-order valence-electron chi connectivity index (χ4n) is 2.16. The summed E-state index contributed by atoms with van der Waals surface area (Å²) in [6.45, 7) is 3.11. The first kappa shape index (κ1) is 12.9. The third kappa shape index (κ3) is 3.01. The second kappa shape index (κ2) is 5.87. The highest BCUT2D eigenvalue weighted by molar-refractivity contribution is 5.14. The highest BCUT2D eigenvalue weighted by atomic mass is 15.0. The van der Waals surface area contributed by atoms with E-state index in [1.165, 1.54) is 5.56 Å². The van der Waals surface area contributed by atoms with Crippen molar-refractivity contribution in [3.63, 3.8) is 0 Å². The Morgan fingerprint density at radius 2 is 2.22 bits per heavy atom. The Morgan fingerprint density at radius 1 is 1.39 bits per heavy atom. The predicted octanol–water partition coefficient (Wildman–Crippen LogP) is 2.26. The summed E-state index contributed by atoms with van der Waals surface area (Å²) in [5, 5.41) is 0. The van der Waals surface area contributed by atoms with Crippen LogP contribution in [0.25, 0.3) is 0 Å². The molecular formula is C14H22N4. The minimum absolute atomic E-state index is 0.171. The molecule has 0 amide bonds. The van der Waals surface area contributed by atoms with E-state index in [-0.39, 0.29) is 6.04 Å². The van der Waals surface area contributed by atoms with Crippen molar-refractivity contribution < 1.29 is 0 Å². The van der Waals surface area contributed by atoms with Gasteiger partial charge >= 0.3 is 0 Å². The molecule has 2 heterocycles. The summed E-state index contributed by atoms with van der Waals surface area (Å²) in [7, 11) is 2.03. The van der Waals surface area contributed by atoms with Crippen LogP contribution in [0.4, 0.5) is 0 Å². The maximum absolute atomic E-state index is 6.10. The Morgan fingerprint density at radius 3 is 2.89 bits per heavy atom. The summed E-state index contributed by atoms with van der Waals surface area (Å²) >= 11 is 0. The number of nitrogens with two attached hydrogens (primary N) is 1. The van der Waals surface area contributed by atoms with Crippen LogP contribution in [0.5, 0.6) is 0 Å². The van der Waals surface area contributed by atoms with E-state index in [1.54, 1.807) is 0 Å². The van der Waals surface area contributed by atoms with Crippen LogP contribution in [0.1, 0.15) is 37.2 Å². The van der Waals surface area contributed by atoms with Gasteiger partial charge in [0.25, 0.3) is 0 Å². The Bertz CT molecular complexity index is 483. The summed E-state index contributed by atoms with van der Waals surface area (Å²) in [6.07, 6.45) is 11.2. The maximum atomic E-state index is 6.10. The third-order valence-corrected chi connectivity index (χ3v) is 3.32. The molecule has 2 aromatic heterocycles. The monoisotopic (exact) mass is 246 g/mol. The van der Waals surface area contributed by atoms with Crippen LogP contribution in [-0.4, -0.2) is 14.1 Å². The molecule has 2 aromatic rings.